The van der Waals surface area contributed by atoms with Crippen molar-refractivity contribution in [2.24, 2.45) is 0 Å². The minimum absolute atomic E-state index is 0.0302. The predicted octanol–water partition coefficient (Wildman–Crippen LogP) is -0.0954. The number of aromatic amines is 1. The summed E-state index contributed by atoms with van der Waals surface area (Å²) in [7, 11) is 3.41. The van der Waals surface area contributed by atoms with Gasteiger partial charge in [-0.1, -0.05) is 6.92 Å². The minimum Gasteiger partial charge on any atom is -0.359 e. The molecular formula is C11H18N4O2. The lowest BCUT2D eigenvalue weighted by Crippen LogP contribution is -2.28. The van der Waals surface area contributed by atoms with Gasteiger partial charge in [-0.25, -0.2) is 4.98 Å². The van der Waals surface area contributed by atoms with E-state index in [9.17, 15) is 9.59 Å². The Morgan fingerprint density at radius 2 is 2.29 bits per heavy atom. The molecule has 0 saturated heterocycles. The van der Waals surface area contributed by atoms with Crippen LogP contribution in [-0.2, 0) is 11.2 Å². The molecule has 17 heavy (non-hydrogen) atoms. The summed E-state index contributed by atoms with van der Waals surface area (Å²) < 4.78 is 0. The highest BCUT2D eigenvalue weighted by Crippen LogP contribution is 2.06. The molecule has 0 bridgehead atoms. The fraction of sp³-hybridized carbons (Fsp3) is 0.545. The van der Waals surface area contributed by atoms with E-state index in [-0.39, 0.29) is 11.5 Å². The van der Waals surface area contributed by atoms with Gasteiger partial charge < -0.3 is 15.2 Å². The first-order valence-electron chi connectivity index (χ1n) is 5.58. The molecule has 0 aliphatic rings. The molecule has 0 spiro atoms. The summed E-state index contributed by atoms with van der Waals surface area (Å²) in [5.74, 6) is 1.21. The van der Waals surface area contributed by atoms with Crippen LogP contribution in [0.4, 0.5) is 5.82 Å². The maximum atomic E-state index is 11.4. The summed E-state index contributed by atoms with van der Waals surface area (Å²) in [5.41, 5.74) is -0.168. The second-order valence-electron chi connectivity index (χ2n) is 3.75. The van der Waals surface area contributed by atoms with Gasteiger partial charge in [-0.3, -0.25) is 9.59 Å². The second kappa shape index (κ2) is 6.03. The van der Waals surface area contributed by atoms with Crippen LogP contribution in [0.2, 0.25) is 0 Å². The number of nitrogens with one attached hydrogen (secondary N) is 2. The van der Waals surface area contributed by atoms with Crippen LogP contribution in [0.1, 0.15) is 19.2 Å². The fourth-order valence-electron chi connectivity index (χ4n) is 1.37. The molecule has 1 amide bonds. The smallest absolute Gasteiger partial charge is 0.252 e. The fourth-order valence-corrected chi connectivity index (χ4v) is 1.37. The first-order valence-corrected chi connectivity index (χ1v) is 5.58. The van der Waals surface area contributed by atoms with Crippen LogP contribution in [0.5, 0.6) is 0 Å². The molecule has 6 heteroatoms. The molecule has 0 fully saturated rings. The van der Waals surface area contributed by atoms with E-state index in [1.165, 1.54) is 6.07 Å². The number of carbonyl (C=O) groups is 1. The molecule has 0 unspecified atom stereocenters. The molecule has 0 radical (unpaired) electrons. The van der Waals surface area contributed by atoms with Crippen molar-refractivity contribution >= 4 is 11.7 Å². The van der Waals surface area contributed by atoms with Gasteiger partial charge in [0.05, 0.1) is 0 Å². The third-order valence-corrected chi connectivity index (χ3v) is 2.46. The highest BCUT2D eigenvalue weighted by atomic mass is 16.1. The molecule has 0 atom stereocenters. The minimum atomic E-state index is -0.168. The van der Waals surface area contributed by atoms with Gasteiger partial charge in [0.2, 0.25) is 5.91 Å². The lowest BCUT2D eigenvalue weighted by molar-refractivity contribution is -0.120. The van der Waals surface area contributed by atoms with Gasteiger partial charge in [0.25, 0.3) is 5.56 Å². The van der Waals surface area contributed by atoms with Crippen molar-refractivity contribution in [3.8, 4) is 0 Å². The van der Waals surface area contributed by atoms with Crippen LogP contribution in [0.3, 0.4) is 0 Å². The van der Waals surface area contributed by atoms with Gasteiger partial charge in [0.1, 0.15) is 11.6 Å². The summed E-state index contributed by atoms with van der Waals surface area (Å²) >= 11 is 0. The lowest BCUT2D eigenvalue weighted by Gasteiger charge is -2.17. The Hall–Kier alpha value is -1.85. The zero-order chi connectivity index (χ0) is 12.8. The number of aromatic nitrogens is 2. The lowest BCUT2D eigenvalue weighted by atomic mass is 10.3. The molecule has 1 aromatic rings. The summed E-state index contributed by atoms with van der Waals surface area (Å²) in [4.78, 5) is 31.2. The van der Waals surface area contributed by atoms with Crippen LogP contribution in [-0.4, -0.2) is 36.5 Å². The number of hydrogen-bond acceptors (Lipinski definition) is 4. The first kappa shape index (κ1) is 13.2. The Morgan fingerprint density at radius 1 is 1.59 bits per heavy atom. The summed E-state index contributed by atoms with van der Waals surface area (Å²) in [5, 5.41) is 2.55. The summed E-state index contributed by atoms with van der Waals surface area (Å²) in [6.45, 7) is 2.45. The Balaban J connectivity index is 2.74. The van der Waals surface area contributed by atoms with Crippen LogP contribution in [0.15, 0.2) is 10.9 Å². The monoisotopic (exact) mass is 238 g/mol. The van der Waals surface area contributed by atoms with Gasteiger partial charge in [-0.15, -0.1) is 0 Å². The number of H-pyrrole nitrogens is 1. The molecule has 94 valence electrons. The van der Waals surface area contributed by atoms with Gasteiger partial charge in [-0.2, -0.15) is 0 Å². The number of hydrogen-bond donors (Lipinski definition) is 2. The van der Waals surface area contributed by atoms with Crippen molar-refractivity contribution in [3.05, 3.63) is 22.2 Å². The van der Waals surface area contributed by atoms with Crippen LogP contribution in [0, 0.1) is 0 Å². The molecule has 1 rings (SSSR count). The second-order valence-corrected chi connectivity index (χ2v) is 3.75. The molecule has 2 N–H and O–H groups in total. The van der Waals surface area contributed by atoms with E-state index in [0.717, 1.165) is 0 Å². The van der Waals surface area contributed by atoms with Crippen molar-refractivity contribution in [1.82, 2.24) is 15.3 Å². The third-order valence-electron chi connectivity index (χ3n) is 2.46. The quantitative estimate of drug-likeness (QED) is 0.751. The average Bonchev–Trinajstić information content (AvgIpc) is 2.34. The molecule has 0 aromatic carbocycles. The number of amides is 1. The zero-order valence-corrected chi connectivity index (χ0v) is 10.4. The largest absolute Gasteiger partial charge is 0.359 e. The van der Waals surface area contributed by atoms with Crippen molar-refractivity contribution in [3.63, 3.8) is 0 Å². The number of carbonyl (C=O) groups excluding carboxylic acids is 1. The van der Waals surface area contributed by atoms with E-state index in [4.69, 9.17) is 0 Å². The topological polar surface area (TPSA) is 78.1 Å². The van der Waals surface area contributed by atoms with Gasteiger partial charge >= 0.3 is 0 Å². The number of nitrogens with zero attached hydrogens (tertiary/aromatic N) is 2. The van der Waals surface area contributed by atoms with Crippen molar-refractivity contribution in [1.29, 1.82) is 0 Å². The maximum Gasteiger partial charge on any atom is 0.252 e. The molecular weight excluding hydrogens is 220 g/mol. The van der Waals surface area contributed by atoms with E-state index in [1.807, 2.05) is 14.0 Å². The summed E-state index contributed by atoms with van der Waals surface area (Å²) in [6.07, 6.45) is 1.05. The highest BCUT2D eigenvalue weighted by molar-refractivity contribution is 5.76. The average molecular weight is 238 g/mol. The third kappa shape index (κ3) is 3.90. The number of aryl methyl sites for hydroxylation is 1. The normalized spacial score (nSPS) is 10.1. The molecule has 1 heterocycles. The van der Waals surface area contributed by atoms with E-state index in [0.29, 0.717) is 31.0 Å². The molecule has 0 aliphatic carbocycles. The Labute approximate surface area is 100 Å². The Bertz CT molecular complexity index is 441. The Morgan fingerprint density at radius 3 is 2.88 bits per heavy atom. The predicted molar refractivity (Wildman–Crippen MR) is 66.2 cm³/mol. The first-order chi connectivity index (χ1) is 8.06. The van der Waals surface area contributed by atoms with Crippen molar-refractivity contribution in [2.75, 3.05) is 25.5 Å². The number of rotatable bonds is 5. The molecule has 0 saturated carbocycles. The van der Waals surface area contributed by atoms with Crippen LogP contribution < -0.4 is 15.8 Å². The van der Waals surface area contributed by atoms with Gasteiger partial charge in [-0.05, 0) is 0 Å². The van der Waals surface area contributed by atoms with Crippen molar-refractivity contribution in [2.45, 2.75) is 19.8 Å². The summed E-state index contributed by atoms with van der Waals surface area (Å²) in [6, 6.07) is 1.43. The van der Waals surface area contributed by atoms with Crippen LogP contribution >= 0.6 is 0 Å². The van der Waals surface area contributed by atoms with E-state index >= 15 is 0 Å². The molecule has 1 aromatic heterocycles. The van der Waals surface area contributed by atoms with E-state index in [2.05, 4.69) is 15.3 Å². The van der Waals surface area contributed by atoms with Gasteiger partial charge in [0, 0.05) is 39.5 Å². The standard InChI is InChI=1S/C11H18N4O2/c1-4-8-13-9(7-11(17)14-8)15(3)6-5-10(16)12-2/h7H,4-6H2,1-3H3,(H,12,16)(H,13,14,17). The molecule has 0 aliphatic heterocycles. The highest BCUT2D eigenvalue weighted by Gasteiger charge is 2.07. The number of anilines is 1. The Kier molecular flexibility index (Phi) is 4.68. The maximum absolute atomic E-state index is 11.4. The van der Waals surface area contributed by atoms with E-state index in [1.54, 1.807) is 11.9 Å². The van der Waals surface area contributed by atoms with E-state index < -0.39 is 0 Å². The van der Waals surface area contributed by atoms with Gasteiger partial charge in [0.15, 0.2) is 0 Å². The van der Waals surface area contributed by atoms with Crippen LogP contribution in [0.25, 0.3) is 0 Å². The zero-order valence-electron chi connectivity index (χ0n) is 10.4. The SMILES string of the molecule is CCc1nc(N(C)CCC(=O)NC)cc(=O)[nH]1. The van der Waals surface area contributed by atoms with Crippen molar-refractivity contribution < 1.29 is 4.79 Å². The molecule has 6 nitrogen and oxygen atoms in total.